The average Bonchev–Trinajstić information content (AvgIpc) is 2.97. The van der Waals surface area contributed by atoms with Gasteiger partial charge in [0.1, 0.15) is 18.1 Å². The second kappa shape index (κ2) is 11.5. The highest BCUT2D eigenvalue weighted by Crippen LogP contribution is 2.38. The molecule has 0 saturated carbocycles. The fourth-order valence-electron chi connectivity index (χ4n) is 4.99. The van der Waals surface area contributed by atoms with Crippen LogP contribution in [0, 0.1) is 0 Å². The van der Waals surface area contributed by atoms with Crippen LogP contribution in [0.15, 0.2) is 78.9 Å². The summed E-state index contributed by atoms with van der Waals surface area (Å²) >= 11 is 0. The van der Waals surface area contributed by atoms with Crippen molar-refractivity contribution in [1.29, 1.82) is 0 Å². The van der Waals surface area contributed by atoms with Crippen LogP contribution in [0.25, 0.3) is 10.8 Å². The van der Waals surface area contributed by atoms with Gasteiger partial charge in [-0.05, 0) is 76.7 Å². The molecule has 1 amide bonds. The first-order valence-corrected chi connectivity index (χ1v) is 13.0. The maximum atomic E-state index is 13.5. The van der Waals surface area contributed by atoms with Crippen LogP contribution in [-0.4, -0.2) is 44.8 Å². The quantitative estimate of drug-likeness (QED) is 0.276. The van der Waals surface area contributed by atoms with Crippen LogP contribution in [0.3, 0.4) is 0 Å². The number of nitrogens with zero attached hydrogens (tertiary/aromatic N) is 1. The number of hydrogen-bond donors (Lipinski definition) is 0. The van der Waals surface area contributed by atoms with Crippen molar-refractivity contribution in [2.75, 3.05) is 34.0 Å². The van der Waals surface area contributed by atoms with Crippen molar-refractivity contribution in [3.05, 3.63) is 95.6 Å². The maximum Gasteiger partial charge on any atom is 0.261 e. The van der Waals surface area contributed by atoms with Gasteiger partial charge in [0.05, 0.1) is 20.3 Å². The van der Waals surface area contributed by atoms with Crippen LogP contribution < -0.4 is 18.9 Å². The molecule has 1 heterocycles. The fraction of sp³-hybridized carbons (Fsp3) is 0.281. The minimum absolute atomic E-state index is 0.0529. The van der Waals surface area contributed by atoms with Crippen molar-refractivity contribution in [2.24, 2.45) is 0 Å². The van der Waals surface area contributed by atoms with Gasteiger partial charge in [0.2, 0.25) is 0 Å². The smallest absolute Gasteiger partial charge is 0.261 e. The molecule has 0 aliphatic carbocycles. The van der Waals surface area contributed by atoms with Crippen LogP contribution >= 0.6 is 0 Å². The minimum Gasteiger partial charge on any atom is -0.493 e. The van der Waals surface area contributed by atoms with Crippen molar-refractivity contribution in [3.63, 3.8) is 0 Å². The molecule has 6 nitrogen and oxygen atoms in total. The SMILES string of the molecule is CCc1ccc(OCC2c3cc(OC)c(OC)cc3CCN2C(=O)COc2ccc3ccccc3c2)cc1. The highest BCUT2D eigenvalue weighted by molar-refractivity contribution is 5.84. The monoisotopic (exact) mass is 511 g/mol. The zero-order valence-electron chi connectivity index (χ0n) is 22.1. The van der Waals surface area contributed by atoms with Gasteiger partial charge >= 0.3 is 0 Å². The predicted molar refractivity (Wildman–Crippen MR) is 148 cm³/mol. The van der Waals surface area contributed by atoms with Crippen LogP contribution in [0.4, 0.5) is 0 Å². The lowest BCUT2D eigenvalue weighted by Gasteiger charge is -2.37. The summed E-state index contributed by atoms with van der Waals surface area (Å²) in [7, 11) is 3.25. The number of benzene rings is 4. The number of hydrogen-bond acceptors (Lipinski definition) is 5. The summed E-state index contributed by atoms with van der Waals surface area (Å²) in [5, 5.41) is 2.21. The van der Waals surface area contributed by atoms with Gasteiger partial charge in [-0.1, -0.05) is 49.4 Å². The lowest BCUT2D eigenvalue weighted by molar-refractivity contribution is -0.137. The largest absolute Gasteiger partial charge is 0.493 e. The fourth-order valence-corrected chi connectivity index (χ4v) is 4.99. The molecule has 0 saturated heterocycles. The molecule has 1 aliphatic heterocycles. The van der Waals surface area contributed by atoms with Crippen molar-refractivity contribution in [2.45, 2.75) is 25.8 Å². The molecule has 4 aromatic rings. The lowest BCUT2D eigenvalue weighted by atomic mass is 9.92. The van der Waals surface area contributed by atoms with Gasteiger partial charge in [-0.2, -0.15) is 0 Å². The van der Waals surface area contributed by atoms with Gasteiger partial charge in [-0.3, -0.25) is 4.79 Å². The van der Waals surface area contributed by atoms with Crippen LogP contribution in [0.5, 0.6) is 23.0 Å². The number of ether oxygens (including phenoxy) is 4. The third-order valence-electron chi connectivity index (χ3n) is 7.15. The highest BCUT2D eigenvalue weighted by Gasteiger charge is 2.33. The number of fused-ring (bicyclic) bond motifs is 2. The van der Waals surface area contributed by atoms with Crippen molar-refractivity contribution in [3.8, 4) is 23.0 Å². The average molecular weight is 512 g/mol. The van der Waals surface area contributed by atoms with Crippen LogP contribution in [0.2, 0.25) is 0 Å². The molecule has 6 heteroatoms. The molecular formula is C32H33NO5. The van der Waals surface area contributed by atoms with Gasteiger partial charge in [-0.25, -0.2) is 0 Å². The van der Waals surface area contributed by atoms with Crippen molar-refractivity contribution in [1.82, 2.24) is 4.90 Å². The number of carbonyl (C=O) groups excluding carboxylic acids is 1. The first-order valence-electron chi connectivity index (χ1n) is 13.0. The normalized spacial score (nSPS) is 14.6. The van der Waals surface area contributed by atoms with Gasteiger partial charge in [0, 0.05) is 6.54 Å². The first kappa shape index (κ1) is 25.5. The van der Waals surface area contributed by atoms with E-state index in [1.165, 1.54) is 5.56 Å². The summed E-state index contributed by atoms with van der Waals surface area (Å²) < 4.78 is 23.3. The number of aryl methyl sites for hydroxylation is 1. The molecular weight excluding hydrogens is 478 g/mol. The second-order valence-electron chi connectivity index (χ2n) is 9.37. The molecule has 0 fully saturated rings. The van der Waals surface area contributed by atoms with Gasteiger partial charge in [0.15, 0.2) is 18.1 Å². The van der Waals surface area contributed by atoms with E-state index in [1.54, 1.807) is 14.2 Å². The van der Waals surface area contributed by atoms with E-state index in [0.29, 0.717) is 36.8 Å². The molecule has 0 spiro atoms. The number of rotatable bonds is 9. The number of amides is 1. The van der Waals surface area contributed by atoms with Gasteiger partial charge in [0.25, 0.3) is 5.91 Å². The van der Waals surface area contributed by atoms with E-state index in [0.717, 1.165) is 34.1 Å². The van der Waals surface area contributed by atoms with Crippen molar-refractivity contribution >= 4 is 16.7 Å². The summed E-state index contributed by atoms with van der Waals surface area (Å²) in [6, 6.07) is 25.7. The Kier molecular flexibility index (Phi) is 7.68. The summed E-state index contributed by atoms with van der Waals surface area (Å²) in [6.07, 6.45) is 1.68. The summed E-state index contributed by atoms with van der Waals surface area (Å²) in [6.45, 7) is 2.95. The Hall–Kier alpha value is -4.19. The molecule has 0 bridgehead atoms. The summed E-state index contributed by atoms with van der Waals surface area (Å²) in [5.74, 6) is 2.67. The van der Waals surface area contributed by atoms with E-state index in [-0.39, 0.29) is 18.6 Å². The van der Waals surface area contributed by atoms with E-state index < -0.39 is 0 Å². The molecule has 0 radical (unpaired) electrons. The summed E-state index contributed by atoms with van der Waals surface area (Å²) in [4.78, 5) is 15.4. The lowest BCUT2D eigenvalue weighted by Crippen LogP contribution is -2.44. The molecule has 1 atom stereocenters. The maximum absolute atomic E-state index is 13.5. The Morgan fingerprint density at radius 3 is 2.29 bits per heavy atom. The van der Waals surface area contributed by atoms with Crippen molar-refractivity contribution < 1.29 is 23.7 Å². The third kappa shape index (κ3) is 5.40. The number of methoxy groups -OCH3 is 2. The van der Waals surface area contributed by atoms with E-state index in [9.17, 15) is 4.79 Å². The number of carbonyl (C=O) groups is 1. The Morgan fingerprint density at radius 2 is 1.55 bits per heavy atom. The molecule has 0 N–H and O–H groups in total. The van der Waals surface area contributed by atoms with E-state index in [1.807, 2.05) is 65.6 Å². The Morgan fingerprint density at radius 1 is 0.842 bits per heavy atom. The third-order valence-corrected chi connectivity index (χ3v) is 7.15. The Bertz CT molecular complexity index is 1420. The molecule has 38 heavy (non-hydrogen) atoms. The molecule has 196 valence electrons. The summed E-state index contributed by atoms with van der Waals surface area (Å²) in [5.41, 5.74) is 3.37. The Labute approximate surface area is 223 Å². The topological polar surface area (TPSA) is 57.2 Å². The zero-order valence-corrected chi connectivity index (χ0v) is 22.1. The molecule has 0 aromatic heterocycles. The van der Waals surface area contributed by atoms with E-state index in [4.69, 9.17) is 18.9 Å². The highest BCUT2D eigenvalue weighted by atomic mass is 16.5. The van der Waals surface area contributed by atoms with Gasteiger partial charge in [-0.15, -0.1) is 0 Å². The standard InChI is InChI=1S/C32H33NO5/c1-4-22-9-12-26(13-10-22)37-20-29-28-19-31(36-3)30(35-2)18-25(28)15-16-33(29)32(34)21-38-27-14-11-23-7-5-6-8-24(23)17-27/h5-14,17-19,29H,4,15-16,20-21H2,1-3H3. The minimum atomic E-state index is -0.294. The van der Waals surface area contributed by atoms with Crippen LogP contribution in [0.1, 0.15) is 29.7 Å². The van der Waals surface area contributed by atoms with E-state index in [2.05, 4.69) is 25.1 Å². The first-order chi connectivity index (χ1) is 18.6. The Balaban J connectivity index is 1.38. The van der Waals surface area contributed by atoms with Gasteiger partial charge < -0.3 is 23.8 Å². The van der Waals surface area contributed by atoms with Crippen LogP contribution in [-0.2, 0) is 17.6 Å². The zero-order chi connectivity index (χ0) is 26.5. The molecule has 5 rings (SSSR count). The molecule has 4 aromatic carbocycles. The molecule has 1 unspecified atom stereocenters. The van der Waals surface area contributed by atoms with E-state index >= 15 is 0 Å². The second-order valence-corrected chi connectivity index (χ2v) is 9.37. The predicted octanol–water partition coefficient (Wildman–Crippen LogP) is 6.00. The molecule has 1 aliphatic rings.